The highest BCUT2D eigenvalue weighted by Gasteiger charge is 1.99. The van der Waals surface area contributed by atoms with Crippen molar-refractivity contribution in [2.24, 2.45) is 0 Å². The molecule has 0 radical (unpaired) electrons. The summed E-state index contributed by atoms with van der Waals surface area (Å²) in [6.45, 7) is -0.521. The molecule has 0 saturated heterocycles. The lowest BCUT2D eigenvalue weighted by molar-refractivity contribution is -0.307. The third kappa shape index (κ3) is 2.19. The summed E-state index contributed by atoms with van der Waals surface area (Å²) in [6.07, 6.45) is 1.38. The van der Waals surface area contributed by atoms with Gasteiger partial charge < -0.3 is 14.6 Å². The van der Waals surface area contributed by atoms with Crippen molar-refractivity contribution in [2.45, 2.75) is 0 Å². The number of ether oxygens (including phenoxy) is 1. The van der Waals surface area contributed by atoms with Crippen LogP contribution in [0.4, 0.5) is 0 Å². The minimum Gasteiger partial charge on any atom is -0.546 e. The fraction of sp³-hybridized carbons (Fsp3) is 0.100. The van der Waals surface area contributed by atoms with Crippen LogP contribution < -0.4 is 9.84 Å². The number of nitrogens with zero attached hydrogens (tertiary/aromatic N) is 2. The molecule has 15 heavy (non-hydrogen) atoms. The van der Waals surface area contributed by atoms with Crippen molar-refractivity contribution in [3.8, 4) is 5.88 Å². The number of carbonyl (C=O) groups excluding carboxylic acids is 1. The second kappa shape index (κ2) is 3.91. The fourth-order valence-electron chi connectivity index (χ4n) is 1.14. The maximum Gasteiger partial charge on any atom is 0.233 e. The van der Waals surface area contributed by atoms with Gasteiger partial charge in [-0.3, -0.25) is 0 Å². The first kappa shape index (κ1) is 9.39. The lowest BCUT2D eigenvalue weighted by atomic mass is 10.3. The summed E-state index contributed by atoms with van der Waals surface area (Å²) in [6, 6.07) is 7.25. The Morgan fingerprint density at radius 2 is 2.07 bits per heavy atom. The number of hydrogen-bond acceptors (Lipinski definition) is 5. The van der Waals surface area contributed by atoms with E-state index < -0.39 is 12.6 Å². The van der Waals surface area contributed by atoms with Gasteiger partial charge >= 0.3 is 0 Å². The van der Waals surface area contributed by atoms with E-state index in [-0.39, 0.29) is 5.88 Å². The highest BCUT2D eigenvalue weighted by Crippen LogP contribution is 2.12. The van der Waals surface area contributed by atoms with Gasteiger partial charge in [-0.2, -0.15) is 0 Å². The Balaban J connectivity index is 2.26. The number of rotatable bonds is 3. The lowest BCUT2D eigenvalue weighted by Crippen LogP contribution is -2.29. The maximum atomic E-state index is 10.2. The Bertz CT molecular complexity index is 499. The first-order valence-electron chi connectivity index (χ1n) is 4.30. The van der Waals surface area contributed by atoms with E-state index in [1.807, 2.05) is 18.2 Å². The first-order valence-corrected chi connectivity index (χ1v) is 4.30. The predicted octanol–water partition coefficient (Wildman–Crippen LogP) is -0.242. The van der Waals surface area contributed by atoms with Crippen molar-refractivity contribution in [3.63, 3.8) is 0 Å². The van der Waals surface area contributed by atoms with Crippen LogP contribution in [0.5, 0.6) is 5.88 Å². The molecule has 1 aromatic heterocycles. The van der Waals surface area contributed by atoms with Gasteiger partial charge in [-0.15, -0.1) is 0 Å². The lowest BCUT2D eigenvalue weighted by Gasteiger charge is -2.05. The topological polar surface area (TPSA) is 75.1 Å². The zero-order chi connectivity index (χ0) is 10.7. The number of carbonyl (C=O) groups is 1. The largest absolute Gasteiger partial charge is 0.546 e. The Morgan fingerprint density at radius 1 is 1.33 bits per heavy atom. The highest BCUT2D eigenvalue weighted by atomic mass is 16.5. The first-order chi connectivity index (χ1) is 7.25. The van der Waals surface area contributed by atoms with Crippen molar-refractivity contribution in [2.75, 3.05) is 6.61 Å². The number of para-hydroxylation sites is 2. The summed E-state index contributed by atoms with van der Waals surface area (Å²) < 4.78 is 4.84. The van der Waals surface area contributed by atoms with E-state index in [0.717, 1.165) is 5.52 Å². The average Bonchev–Trinajstić information content (AvgIpc) is 2.26. The SMILES string of the molecule is O=C([O-])COc1cnc2ccccc2n1. The number of hydrogen-bond donors (Lipinski definition) is 0. The number of carboxylic acid groups (broad SMARTS) is 1. The van der Waals surface area contributed by atoms with Crippen LogP contribution >= 0.6 is 0 Å². The third-order valence-electron chi connectivity index (χ3n) is 1.76. The molecule has 0 N–H and O–H groups in total. The molecule has 1 aromatic carbocycles. The van der Waals surface area contributed by atoms with E-state index >= 15 is 0 Å². The molecule has 0 saturated carbocycles. The maximum absolute atomic E-state index is 10.2. The van der Waals surface area contributed by atoms with Crippen LogP contribution in [0.15, 0.2) is 30.5 Å². The standard InChI is InChI=1S/C10H8N2O3/c13-10(14)6-15-9-5-11-7-3-1-2-4-8(7)12-9/h1-5H,6H2,(H,13,14)/p-1. The minimum absolute atomic E-state index is 0.179. The van der Waals surface area contributed by atoms with E-state index in [9.17, 15) is 9.90 Å². The van der Waals surface area contributed by atoms with Gasteiger partial charge in [0.05, 0.1) is 23.2 Å². The van der Waals surface area contributed by atoms with Gasteiger partial charge in [0.25, 0.3) is 0 Å². The van der Waals surface area contributed by atoms with Crippen LogP contribution in [0.3, 0.4) is 0 Å². The van der Waals surface area contributed by atoms with Crippen molar-refractivity contribution in [1.82, 2.24) is 9.97 Å². The Hall–Kier alpha value is -2.17. The van der Waals surface area contributed by atoms with Gasteiger partial charge in [0.15, 0.2) is 0 Å². The number of fused-ring (bicyclic) bond motifs is 1. The van der Waals surface area contributed by atoms with Gasteiger partial charge in [0.1, 0.15) is 6.61 Å². The molecule has 5 heteroatoms. The molecule has 0 spiro atoms. The number of aromatic nitrogens is 2. The molecule has 2 aromatic rings. The molecule has 0 bridgehead atoms. The summed E-state index contributed by atoms with van der Waals surface area (Å²) in [5.41, 5.74) is 1.40. The van der Waals surface area contributed by atoms with E-state index in [4.69, 9.17) is 4.74 Å². The van der Waals surface area contributed by atoms with E-state index in [1.54, 1.807) is 6.07 Å². The summed E-state index contributed by atoms with van der Waals surface area (Å²) in [5.74, 6) is -1.11. The van der Waals surface area contributed by atoms with Crippen molar-refractivity contribution >= 4 is 17.0 Å². The quantitative estimate of drug-likeness (QED) is 0.688. The van der Waals surface area contributed by atoms with E-state index in [1.165, 1.54) is 6.20 Å². The molecule has 5 nitrogen and oxygen atoms in total. The zero-order valence-corrected chi connectivity index (χ0v) is 7.71. The average molecular weight is 203 g/mol. The van der Waals surface area contributed by atoms with Crippen LogP contribution in [0.2, 0.25) is 0 Å². The van der Waals surface area contributed by atoms with E-state index in [0.29, 0.717) is 5.52 Å². The molecule has 0 unspecified atom stereocenters. The highest BCUT2D eigenvalue weighted by molar-refractivity contribution is 5.74. The van der Waals surface area contributed by atoms with E-state index in [2.05, 4.69) is 9.97 Å². The summed E-state index contributed by atoms with van der Waals surface area (Å²) in [4.78, 5) is 18.3. The van der Waals surface area contributed by atoms with Gasteiger partial charge in [0, 0.05) is 0 Å². The molecule has 0 aliphatic heterocycles. The summed E-state index contributed by atoms with van der Waals surface area (Å²) in [7, 11) is 0. The van der Waals surface area contributed by atoms with Gasteiger partial charge in [-0.1, -0.05) is 12.1 Å². The molecule has 0 aliphatic carbocycles. The molecule has 0 fully saturated rings. The van der Waals surface area contributed by atoms with Crippen molar-refractivity contribution in [3.05, 3.63) is 30.5 Å². The number of benzene rings is 1. The summed E-state index contributed by atoms with van der Waals surface area (Å²) in [5, 5.41) is 10.2. The van der Waals surface area contributed by atoms with Gasteiger partial charge in [-0.25, -0.2) is 9.97 Å². The van der Waals surface area contributed by atoms with Crippen LogP contribution in [-0.2, 0) is 4.79 Å². The Labute approximate surface area is 85.4 Å². The summed E-state index contributed by atoms with van der Waals surface area (Å²) >= 11 is 0. The van der Waals surface area contributed by atoms with Crippen LogP contribution in [0, 0.1) is 0 Å². The molecule has 0 amide bonds. The molecular formula is C10H7N2O3-. The second-order valence-electron chi connectivity index (χ2n) is 2.86. The smallest absolute Gasteiger partial charge is 0.233 e. The predicted molar refractivity (Wildman–Crippen MR) is 50.0 cm³/mol. The van der Waals surface area contributed by atoms with Crippen LogP contribution in [-0.4, -0.2) is 22.5 Å². The fourth-order valence-corrected chi connectivity index (χ4v) is 1.14. The molecule has 76 valence electrons. The van der Waals surface area contributed by atoms with Gasteiger partial charge in [0.2, 0.25) is 5.88 Å². The molecule has 2 rings (SSSR count). The van der Waals surface area contributed by atoms with Crippen LogP contribution in [0.1, 0.15) is 0 Å². The van der Waals surface area contributed by atoms with Crippen LogP contribution in [0.25, 0.3) is 11.0 Å². The number of carboxylic acids is 1. The third-order valence-corrected chi connectivity index (χ3v) is 1.76. The second-order valence-corrected chi connectivity index (χ2v) is 2.86. The zero-order valence-electron chi connectivity index (χ0n) is 7.71. The van der Waals surface area contributed by atoms with Gasteiger partial charge in [-0.05, 0) is 12.1 Å². The van der Waals surface area contributed by atoms with Crippen molar-refractivity contribution in [1.29, 1.82) is 0 Å². The molecule has 1 heterocycles. The van der Waals surface area contributed by atoms with Crippen molar-refractivity contribution < 1.29 is 14.6 Å². The monoisotopic (exact) mass is 203 g/mol. The molecule has 0 atom stereocenters. The molecule has 0 aliphatic rings. The Kier molecular flexibility index (Phi) is 2.45. The normalized spacial score (nSPS) is 10.1. The minimum atomic E-state index is -1.29. The number of aliphatic carboxylic acids is 1. The molecular weight excluding hydrogens is 196 g/mol. The Morgan fingerprint density at radius 3 is 2.80 bits per heavy atom.